The van der Waals surface area contributed by atoms with Gasteiger partial charge in [-0.3, -0.25) is 0 Å². The number of carbonyl (C=O) groups excluding carboxylic acids is 1. The van der Waals surface area contributed by atoms with Gasteiger partial charge in [-0.15, -0.1) is 0 Å². The first-order valence-electron chi connectivity index (χ1n) is 15.6. The fourth-order valence-electron chi connectivity index (χ4n) is 5.72. The first kappa shape index (κ1) is 30.7. The van der Waals surface area contributed by atoms with Gasteiger partial charge in [-0.25, -0.2) is 4.79 Å². The molecule has 0 aliphatic heterocycles. The van der Waals surface area contributed by atoms with Crippen molar-refractivity contribution in [2.75, 3.05) is 6.61 Å². The van der Waals surface area contributed by atoms with Gasteiger partial charge in [0.15, 0.2) is 0 Å². The Morgan fingerprint density at radius 2 is 1.36 bits per heavy atom. The first-order valence-corrected chi connectivity index (χ1v) is 15.6. The minimum absolute atomic E-state index is 0.138. The molecule has 0 radical (unpaired) electrons. The van der Waals surface area contributed by atoms with Gasteiger partial charge in [-0.1, -0.05) is 90.2 Å². The third-order valence-corrected chi connectivity index (χ3v) is 8.36. The molecule has 0 aromatic heterocycles. The lowest BCUT2D eigenvalue weighted by Gasteiger charge is -2.35. The number of carbonyl (C=O) groups is 1. The quantitative estimate of drug-likeness (QED) is 0.116. The van der Waals surface area contributed by atoms with E-state index in [-0.39, 0.29) is 11.4 Å². The van der Waals surface area contributed by atoms with E-state index >= 15 is 0 Å². The Hall–Kier alpha value is -2.80. The van der Waals surface area contributed by atoms with Crippen molar-refractivity contribution in [2.45, 2.75) is 122 Å². The maximum absolute atomic E-state index is 12.7. The van der Waals surface area contributed by atoms with Crippen molar-refractivity contribution in [3.05, 3.63) is 59.7 Å². The highest BCUT2D eigenvalue weighted by molar-refractivity contribution is 5.91. The SMILES string of the molecule is CCCCCCCCOc1ccc(OC(=O)c2ccc([C@H]3CC[C@@](C#N)(CCCCCCC)CC3)cc2)cc1. The van der Waals surface area contributed by atoms with Gasteiger partial charge in [0.1, 0.15) is 11.5 Å². The van der Waals surface area contributed by atoms with Crippen LogP contribution in [0.3, 0.4) is 0 Å². The lowest BCUT2D eigenvalue weighted by Crippen LogP contribution is -2.25. The number of unbranched alkanes of at least 4 members (excludes halogenated alkanes) is 9. The molecule has 212 valence electrons. The number of nitrogens with zero attached hydrogens (tertiary/aromatic N) is 1. The zero-order valence-corrected chi connectivity index (χ0v) is 24.4. The summed E-state index contributed by atoms with van der Waals surface area (Å²) in [5.74, 6) is 1.43. The summed E-state index contributed by atoms with van der Waals surface area (Å²) < 4.78 is 11.4. The molecule has 1 aliphatic rings. The second-order valence-electron chi connectivity index (χ2n) is 11.4. The molecule has 0 amide bonds. The van der Waals surface area contributed by atoms with E-state index in [1.807, 2.05) is 24.3 Å². The van der Waals surface area contributed by atoms with Crippen LogP contribution in [0.4, 0.5) is 0 Å². The van der Waals surface area contributed by atoms with Crippen LogP contribution in [-0.2, 0) is 0 Å². The lowest BCUT2D eigenvalue weighted by molar-refractivity contribution is 0.0734. The molecule has 0 heterocycles. The number of esters is 1. The van der Waals surface area contributed by atoms with E-state index in [9.17, 15) is 10.1 Å². The summed E-state index contributed by atoms with van der Waals surface area (Å²) >= 11 is 0. The van der Waals surface area contributed by atoms with Gasteiger partial charge >= 0.3 is 5.97 Å². The van der Waals surface area contributed by atoms with Gasteiger partial charge in [0.2, 0.25) is 0 Å². The Labute approximate surface area is 237 Å². The summed E-state index contributed by atoms with van der Waals surface area (Å²) in [5, 5.41) is 9.91. The van der Waals surface area contributed by atoms with Crippen LogP contribution in [0.2, 0.25) is 0 Å². The molecular formula is C35H49NO3. The van der Waals surface area contributed by atoms with Crippen molar-refractivity contribution in [1.82, 2.24) is 0 Å². The average molecular weight is 532 g/mol. The average Bonchev–Trinajstić information content (AvgIpc) is 2.98. The fourth-order valence-corrected chi connectivity index (χ4v) is 5.72. The molecule has 0 bridgehead atoms. The van der Waals surface area contributed by atoms with Crippen molar-refractivity contribution < 1.29 is 14.3 Å². The molecule has 0 saturated heterocycles. The molecule has 4 heteroatoms. The lowest BCUT2D eigenvalue weighted by atomic mass is 9.67. The molecule has 0 N–H and O–H groups in total. The Morgan fingerprint density at radius 1 is 0.795 bits per heavy atom. The van der Waals surface area contributed by atoms with E-state index in [1.54, 1.807) is 12.1 Å². The van der Waals surface area contributed by atoms with Crippen LogP contribution in [0.1, 0.15) is 138 Å². The zero-order valence-electron chi connectivity index (χ0n) is 24.4. The normalized spacial score (nSPS) is 18.8. The van der Waals surface area contributed by atoms with Crippen LogP contribution in [0.15, 0.2) is 48.5 Å². The molecule has 1 fully saturated rings. The number of benzene rings is 2. The minimum atomic E-state index is -0.350. The first-order chi connectivity index (χ1) is 19.1. The predicted molar refractivity (Wildman–Crippen MR) is 159 cm³/mol. The zero-order chi connectivity index (χ0) is 27.8. The van der Waals surface area contributed by atoms with Crippen molar-refractivity contribution >= 4 is 5.97 Å². The van der Waals surface area contributed by atoms with E-state index in [1.165, 1.54) is 69.8 Å². The molecular weight excluding hydrogens is 482 g/mol. The second kappa shape index (κ2) is 17.0. The highest BCUT2D eigenvalue weighted by Gasteiger charge is 2.35. The summed E-state index contributed by atoms with van der Waals surface area (Å²) in [6, 6.07) is 17.8. The van der Waals surface area contributed by atoms with Crippen molar-refractivity contribution in [3.63, 3.8) is 0 Å². The highest BCUT2D eigenvalue weighted by Crippen LogP contribution is 2.45. The van der Waals surface area contributed by atoms with Crippen molar-refractivity contribution in [1.29, 1.82) is 5.26 Å². The van der Waals surface area contributed by atoms with Gasteiger partial charge in [-0.2, -0.15) is 5.26 Å². The molecule has 1 saturated carbocycles. The third-order valence-electron chi connectivity index (χ3n) is 8.36. The molecule has 0 unspecified atom stereocenters. The maximum Gasteiger partial charge on any atom is 0.343 e. The van der Waals surface area contributed by atoms with E-state index in [0.29, 0.717) is 17.2 Å². The van der Waals surface area contributed by atoms with Crippen LogP contribution in [0, 0.1) is 16.7 Å². The Bertz CT molecular complexity index is 998. The van der Waals surface area contributed by atoms with Gasteiger partial charge < -0.3 is 9.47 Å². The van der Waals surface area contributed by atoms with E-state index < -0.39 is 0 Å². The topological polar surface area (TPSA) is 59.3 Å². The fraction of sp³-hybridized carbons (Fsp3) is 0.600. The molecule has 2 aromatic carbocycles. The van der Waals surface area contributed by atoms with Crippen molar-refractivity contribution in [2.24, 2.45) is 5.41 Å². The number of nitriles is 1. The standard InChI is InChI=1S/C35H49NO3/c1-3-5-7-9-11-13-27-38-32-18-20-33(21-19-32)39-34(37)31-16-14-29(15-17-31)30-22-25-35(28-36,26-23-30)24-12-10-8-6-4-2/h14-21,30H,3-13,22-27H2,1-2H3/t30-,35-. The van der Waals surface area contributed by atoms with E-state index in [2.05, 4.69) is 32.0 Å². The monoisotopic (exact) mass is 531 g/mol. The molecule has 3 rings (SSSR count). The Morgan fingerprint density at radius 3 is 1.97 bits per heavy atom. The van der Waals surface area contributed by atoms with Crippen LogP contribution < -0.4 is 9.47 Å². The molecule has 0 atom stereocenters. The molecule has 2 aromatic rings. The van der Waals surface area contributed by atoms with Crippen LogP contribution in [0.25, 0.3) is 0 Å². The molecule has 39 heavy (non-hydrogen) atoms. The van der Waals surface area contributed by atoms with Crippen LogP contribution in [-0.4, -0.2) is 12.6 Å². The summed E-state index contributed by atoms with van der Waals surface area (Å²) in [7, 11) is 0. The minimum Gasteiger partial charge on any atom is -0.494 e. The van der Waals surface area contributed by atoms with Crippen LogP contribution in [0.5, 0.6) is 11.5 Å². The third kappa shape index (κ3) is 10.4. The van der Waals surface area contributed by atoms with Crippen LogP contribution >= 0.6 is 0 Å². The largest absolute Gasteiger partial charge is 0.494 e. The highest BCUT2D eigenvalue weighted by atomic mass is 16.5. The maximum atomic E-state index is 12.7. The second-order valence-corrected chi connectivity index (χ2v) is 11.4. The molecule has 4 nitrogen and oxygen atoms in total. The summed E-state index contributed by atoms with van der Waals surface area (Å²) in [4.78, 5) is 12.7. The smallest absolute Gasteiger partial charge is 0.343 e. The van der Waals surface area contributed by atoms with E-state index in [4.69, 9.17) is 9.47 Å². The molecule has 0 spiro atoms. The number of ether oxygens (including phenoxy) is 2. The van der Waals surface area contributed by atoms with E-state index in [0.717, 1.165) is 50.9 Å². The predicted octanol–water partition coefficient (Wildman–Crippen LogP) is 10.2. The van der Waals surface area contributed by atoms with Crippen molar-refractivity contribution in [3.8, 4) is 17.6 Å². The number of hydrogen-bond acceptors (Lipinski definition) is 4. The summed E-state index contributed by atoms with van der Waals surface area (Å²) in [6.07, 6.45) is 18.8. The number of hydrogen-bond donors (Lipinski definition) is 0. The number of rotatable bonds is 17. The summed E-state index contributed by atoms with van der Waals surface area (Å²) in [6.45, 7) is 5.18. The Balaban J connectivity index is 1.41. The van der Waals surface area contributed by atoms with Gasteiger partial charge in [0.05, 0.1) is 23.7 Å². The van der Waals surface area contributed by atoms with Gasteiger partial charge in [-0.05, 0) is 86.4 Å². The van der Waals surface area contributed by atoms with Gasteiger partial charge in [0, 0.05) is 0 Å². The Kier molecular flexibility index (Phi) is 13.4. The van der Waals surface area contributed by atoms with Gasteiger partial charge in [0.25, 0.3) is 0 Å². The molecule has 1 aliphatic carbocycles. The summed E-state index contributed by atoms with van der Waals surface area (Å²) in [5.41, 5.74) is 1.67.